The summed E-state index contributed by atoms with van der Waals surface area (Å²) in [4.78, 5) is 16.2. The number of ether oxygens (including phenoxy) is 1. The van der Waals surface area contributed by atoms with Crippen LogP contribution >= 0.6 is 0 Å². The van der Waals surface area contributed by atoms with Gasteiger partial charge in [-0.05, 0) is 64.9 Å². The van der Waals surface area contributed by atoms with Gasteiger partial charge in [-0.1, -0.05) is 6.07 Å². The zero-order valence-corrected chi connectivity index (χ0v) is 17.1. The summed E-state index contributed by atoms with van der Waals surface area (Å²) >= 11 is 0. The van der Waals surface area contributed by atoms with Crippen molar-refractivity contribution in [2.24, 2.45) is 0 Å². The van der Waals surface area contributed by atoms with E-state index in [0.29, 0.717) is 51.9 Å². The number of carboxylic acid groups (broad SMARTS) is 1. The molecule has 1 aliphatic heterocycles. The van der Waals surface area contributed by atoms with Gasteiger partial charge in [0.25, 0.3) is 6.43 Å². The highest BCUT2D eigenvalue weighted by Crippen LogP contribution is 2.43. The van der Waals surface area contributed by atoms with Crippen LogP contribution < -0.4 is 4.74 Å². The molecule has 3 aromatic carbocycles. The van der Waals surface area contributed by atoms with E-state index in [1.165, 1.54) is 12.1 Å². The van der Waals surface area contributed by atoms with Crippen molar-refractivity contribution in [1.82, 2.24) is 4.98 Å². The van der Waals surface area contributed by atoms with E-state index >= 15 is 4.39 Å². The average molecular weight is 437 g/mol. The van der Waals surface area contributed by atoms with Crippen molar-refractivity contribution in [3.63, 3.8) is 0 Å². The second-order valence-electron chi connectivity index (χ2n) is 7.89. The van der Waals surface area contributed by atoms with E-state index in [4.69, 9.17) is 4.74 Å². The Labute approximate surface area is 181 Å². The quantitative estimate of drug-likeness (QED) is 0.425. The Morgan fingerprint density at radius 1 is 1.19 bits per heavy atom. The maximum atomic E-state index is 15.1. The average Bonchev–Trinajstić information content (AvgIpc) is 2.76. The van der Waals surface area contributed by atoms with Crippen LogP contribution in [0.3, 0.4) is 0 Å². The first kappa shape index (κ1) is 20.3. The smallest absolute Gasteiger partial charge is 0.307 e. The summed E-state index contributed by atoms with van der Waals surface area (Å²) in [5.74, 6) is -1.36. The van der Waals surface area contributed by atoms with Crippen molar-refractivity contribution in [2.45, 2.75) is 26.2 Å². The number of carbonyl (C=O) groups is 1. The molecule has 5 rings (SSSR count). The maximum Gasteiger partial charge on any atom is 0.307 e. The lowest BCUT2D eigenvalue weighted by molar-refractivity contribution is -0.136. The molecule has 0 saturated carbocycles. The fraction of sp³-hybridized carbons (Fsp3) is 0.200. The number of hydrogen-bond donors (Lipinski definition) is 1. The largest absolute Gasteiger partial charge is 0.493 e. The Balaban J connectivity index is 1.93. The number of aromatic nitrogens is 1. The second kappa shape index (κ2) is 7.51. The topological polar surface area (TPSA) is 59.4 Å². The normalized spacial score (nSPS) is 13.0. The number of pyridine rings is 1. The second-order valence-corrected chi connectivity index (χ2v) is 7.89. The number of nitrogens with zero attached hydrogens (tertiary/aromatic N) is 1. The highest BCUT2D eigenvalue weighted by atomic mass is 19.3. The summed E-state index contributed by atoms with van der Waals surface area (Å²) in [6, 6.07) is 9.43. The van der Waals surface area contributed by atoms with Gasteiger partial charge in [0, 0.05) is 29.0 Å². The molecule has 4 nitrogen and oxygen atoms in total. The molecular weight excluding hydrogens is 419 g/mol. The first-order valence-corrected chi connectivity index (χ1v) is 10.1. The highest BCUT2D eigenvalue weighted by Gasteiger charge is 2.24. The minimum atomic E-state index is -2.96. The molecule has 0 fully saturated rings. The van der Waals surface area contributed by atoms with E-state index in [1.807, 2.05) is 6.07 Å². The Morgan fingerprint density at radius 2 is 2.00 bits per heavy atom. The van der Waals surface area contributed by atoms with Crippen LogP contribution in [0.15, 0.2) is 42.6 Å². The number of fused-ring (bicyclic) bond motifs is 1. The van der Waals surface area contributed by atoms with E-state index in [-0.39, 0.29) is 11.8 Å². The van der Waals surface area contributed by atoms with Gasteiger partial charge in [0.05, 0.1) is 24.1 Å². The van der Waals surface area contributed by atoms with Crippen LogP contribution in [-0.2, 0) is 17.6 Å². The predicted octanol–water partition coefficient (Wildman–Crippen LogP) is 6.00. The van der Waals surface area contributed by atoms with Crippen molar-refractivity contribution >= 4 is 27.6 Å². The van der Waals surface area contributed by atoms with Crippen LogP contribution in [-0.4, -0.2) is 22.7 Å². The molecule has 2 heterocycles. The molecule has 7 heteroatoms. The third-order valence-corrected chi connectivity index (χ3v) is 6.02. The van der Waals surface area contributed by atoms with Gasteiger partial charge >= 0.3 is 5.97 Å². The molecule has 0 aliphatic carbocycles. The molecule has 0 spiro atoms. The van der Waals surface area contributed by atoms with Gasteiger partial charge < -0.3 is 9.84 Å². The van der Waals surface area contributed by atoms with Crippen LogP contribution in [0.25, 0.3) is 32.8 Å². The number of benzene rings is 3. The summed E-state index contributed by atoms with van der Waals surface area (Å²) in [6.07, 6.45) is -0.866. The molecule has 0 unspecified atom stereocenters. The van der Waals surface area contributed by atoms with E-state index in [2.05, 4.69) is 4.98 Å². The third-order valence-electron chi connectivity index (χ3n) is 6.02. The lowest BCUT2D eigenvalue weighted by Crippen LogP contribution is -2.10. The summed E-state index contributed by atoms with van der Waals surface area (Å²) in [6.45, 7) is 2.21. The van der Waals surface area contributed by atoms with Gasteiger partial charge in [0.15, 0.2) is 0 Å². The van der Waals surface area contributed by atoms with Gasteiger partial charge in [-0.2, -0.15) is 0 Å². The molecule has 4 aromatic rings. The summed E-state index contributed by atoms with van der Waals surface area (Å²) < 4.78 is 47.5. The number of halogens is 3. The zero-order chi connectivity index (χ0) is 22.6. The Kier molecular flexibility index (Phi) is 4.77. The number of hydrogen-bond acceptors (Lipinski definition) is 3. The zero-order valence-electron chi connectivity index (χ0n) is 17.1. The third kappa shape index (κ3) is 3.07. The molecule has 162 valence electrons. The van der Waals surface area contributed by atoms with Crippen LogP contribution in [0.4, 0.5) is 13.2 Å². The molecule has 0 saturated heterocycles. The fourth-order valence-electron chi connectivity index (χ4n) is 4.59. The van der Waals surface area contributed by atoms with Crippen LogP contribution in [0.1, 0.15) is 28.7 Å². The molecular formula is C25H18F3NO3. The molecule has 0 radical (unpaired) electrons. The van der Waals surface area contributed by atoms with Gasteiger partial charge in [-0.3, -0.25) is 9.78 Å². The van der Waals surface area contributed by atoms with Crippen molar-refractivity contribution in [2.75, 3.05) is 6.61 Å². The van der Waals surface area contributed by atoms with E-state index in [9.17, 15) is 18.7 Å². The molecule has 0 amide bonds. The van der Waals surface area contributed by atoms with E-state index in [1.54, 1.807) is 25.3 Å². The Bertz CT molecular complexity index is 1410. The first-order chi connectivity index (χ1) is 15.4. The van der Waals surface area contributed by atoms with Gasteiger partial charge in [-0.15, -0.1) is 0 Å². The van der Waals surface area contributed by atoms with Crippen molar-refractivity contribution in [1.29, 1.82) is 0 Å². The molecule has 1 aliphatic rings. The lowest BCUT2D eigenvalue weighted by atomic mass is 9.86. The minimum absolute atomic E-state index is 0.0289. The van der Waals surface area contributed by atoms with Crippen LogP contribution in [0.2, 0.25) is 0 Å². The summed E-state index contributed by atoms with van der Waals surface area (Å²) in [5, 5.41) is 10.8. The van der Waals surface area contributed by atoms with Gasteiger partial charge in [0.1, 0.15) is 11.6 Å². The number of carboxylic acids is 1. The van der Waals surface area contributed by atoms with Crippen molar-refractivity contribution in [3.05, 3.63) is 70.7 Å². The van der Waals surface area contributed by atoms with Gasteiger partial charge in [0.2, 0.25) is 0 Å². The minimum Gasteiger partial charge on any atom is -0.493 e. The molecule has 0 bridgehead atoms. The Hall–Kier alpha value is -3.61. The molecule has 1 N–H and O–H groups in total. The number of aryl methyl sites for hydroxylation is 1. The molecule has 32 heavy (non-hydrogen) atoms. The predicted molar refractivity (Wildman–Crippen MR) is 115 cm³/mol. The van der Waals surface area contributed by atoms with E-state index in [0.717, 1.165) is 17.0 Å². The molecule has 0 atom stereocenters. The number of alkyl halides is 2. The van der Waals surface area contributed by atoms with Crippen LogP contribution in [0.5, 0.6) is 5.75 Å². The van der Waals surface area contributed by atoms with Crippen molar-refractivity contribution < 1.29 is 27.8 Å². The van der Waals surface area contributed by atoms with Gasteiger partial charge in [-0.25, -0.2) is 13.2 Å². The lowest BCUT2D eigenvalue weighted by Gasteiger charge is -2.22. The van der Waals surface area contributed by atoms with E-state index < -0.39 is 23.8 Å². The first-order valence-electron chi connectivity index (χ1n) is 10.1. The summed E-state index contributed by atoms with van der Waals surface area (Å²) in [5.41, 5.74) is 3.09. The monoisotopic (exact) mass is 437 g/mol. The fourth-order valence-corrected chi connectivity index (χ4v) is 4.59. The maximum absolute atomic E-state index is 15.1. The highest BCUT2D eigenvalue weighted by molar-refractivity contribution is 6.08. The van der Waals surface area contributed by atoms with Crippen molar-refractivity contribution in [3.8, 4) is 16.9 Å². The van der Waals surface area contributed by atoms with Crippen LogP contribution in [0, 0.1) is 12.7 Å². The number of aliphatic carboxylic acids is 1. The summed E-state index contributed by atoms with van der Waals surface area (Å²) in [7, 11) is 0. The SMILES string of the molecule is Cc1cc2c(F)c(C(F)F)ccc2c(-c2ccc3c4c(ccnc24)CCO3)c1CC(=O)O. The standard InChI is InChI=1S/C25H18F3NO3/c1-12-10-18-14(2-3-16(23(18)26)25(27)28)22(17(12)11-20(30)31)15-4-5-19-21-13(7-9-32-19)6-8-29-24(15)21/h2-6,8,10,25H,7,9,11H2,1H3,(H,30,31). The molecule has 1 aromatic heterocycles. The Morgan fingerprint density at radius 3 is 2.75 bits per heavy atom. The number of rotatable bonds is 4.